The van der Waals surface area contributed by atoms with Crippen LogP contribution in [0.1, 0.15) is 98.5 Å². The van der Waals surface area contributed by atoms with Crippen molar-refractivity contribution in [3.63, 3.8) is 0 Å². The predicted molar refractivity (Wildman–Crippen MR) is 250 cm³/mol. The van der Waals surface area contributed by atoms with Crippen molar-refractivity contribution in [3.05, 3.63) is 23.8 Å². The number of amides is 5. The molecule has 5 amide bonds. The summed E-state index contributed by atoms with van der Waals surface area (Å²) in [5.41, 5.74) is -0.251. The number of methoxy groups -OCH3 is 1. The molecule has 0 radical (unpaired) electrons. The van der Waals surface area contributed by atoms with Crippen LogP contribution in [0.4, 0.5) is 24.9 Å². The van der Waals surface area contributed by atoms with Gasteiger partial charge >= 0.3 is 47.5 Å². The number of hydrogen-bond acceptors (Lipinski definition) is 18. The first-order valence-electron chi connectivity index (χ1n) is 22.8. The van der Waals surface area contributed by atoms with Crippen molar-refractivity contribution in [1.82, 2.24) is 19.6 Å². The van der Waals surface area contributed by atoms with Crippen molar-refractivity contribution in [2.45, 2.75) is 136 Å². The van der Waals surface area contributed by atoms with Gasteiger partial charge in [-0.3, -0.25) is 24.0 Å². The number of unbranched alkanes of at least 4 members (excludes halogenated alkanes) is 6. The molecule has 1 aliphatic rings. The van der Waals surface area contributed by atoms with Gasteiger partial charge in [0.05, 0.1) is 19.4 Å². The highest BCUT2D eigenvalue weighted by atomic mass is 35.5. The van der Waals surface area contributed by atoms with Gasteiger partial charge < -0.3 is 67.5 Å². The molecule has 0 aliphatic carbocycles. The molecule has 70 heavy (non-hydrogen) atoms. The topological polar surface area (TPSA) is 262 Å². The number of carbonyl (C=O) groups excluding carboxylic acids is 9. The molecule has 0 saturated carbocycles. The van der Waals surface area contributed by atoms with E-state index in [-0.39, 0.29) is 57.3 Å². The third kappa shape index (κ3) is 22.1. The van der Waals surface area contributed by atoms with Gasteiger partial charge in [-0.1, -0.05) is 38.2 Å². The molecule has 394 valence electrons. The van der Waals surface area contributed by atoms with Gasteiger partial charge in [-0.05, 0) is 62.9 Å². The molecular weight excluding hydrogens is 946 g/mol. The quantitative estimate of drug-likeness (QED) is 0.0410. The highest BCUT2D eigenvalue weighted by Crippen LogP contribution is 2.35. The van der Waals surface area contributed by atoms with Crippen LogP contribution in [0.2, 0.25) is 0 Å². The van der Waals surface area contributed by atoms with Crippen LogP contribution >= 0.6 is 11.6 Å². The van der Waals surface area contributed by atoms with Gasteiger partial charge in [0.15, 0.2) is 18.3 Å². The van der Waals surface area contributed by atoms with E-state index < -0.39 is 89.7 Å². The zero-order valence-corrected chi connectivity index (χ0v) is 42.8. The molecule has 0 bridgehead atoms. The number of hydrogen-bond donors (Lipinski definition) is 1. The molecule has 1 fully saturated rings. The lowest BCUT2D eigenvalue weighted by Crippen LogP contribution is -2.64. The molecule has 1 saturated heterocycles. The van der Waals surface area contributed by atoms with Crippen LogP contribution in [0.25, 0.3) is 0 Å². The smallest absolute Gasteiger partial charge is 0.410 e. The maximum absolute atomic E-state index is 13.5. The molecule has 1 heterocycles. The van der Waals surface area contributed by atoms with Crippen molar-refractivity contribution in [2.75, 3.05) is 73.4 Å². The molecular formula is C46H70ClN5O18. The molecule has 23 nitrogen and oxygen atoms in total. The number of carbonyl (C=O) groups is 9. The Kier molecular flexibility index (Phi) is 25.6. The highest BCUT2D eigenvalue weighted by Gasteiger charge is 2.56. The first-order chi connectivity index (χ1) is 32.8. The standard InChI is InChI=1S/C46H70ClN5O18/c1-29(53)65-36-37(66-30(2)54)39(67-31(3)55)41(69-38(36)40(57)62-11)68-34-21-20-32(28-64-44(60)51(9)24-25-52(10)45(61)70-46(4,5)6)27-33(34)48-35(56)19-17-15-13-12-14-16-18-26-63-43(59)50(8)23-22-49(7)42(47)58/h20-21,27,36-39,41H,12-19,22-26,28H2,1-11H3,(H,48,56)/t36-,37-,38-,39+,41+/m0/s1. The summed E-state index contributed by atoms with van der Waals surface area (Å²) in [5.74, 6) is -4.18. The van der Waals surface area contributed by atoms with Crippen molar-refractivity contribution < 1.29 is 85.8 Å². The van der Waals surface area contributed by atoms with Crippen LogP contribution in [0.5, 0.6) is 5.75 Å². The van der Waals surface area contributed by atoms with E-state index >= 15 is 0 Å². The third-order valence-corrected chi connectivity index (χ3v) is 10.5. The Morgan fingerprint density at radius 2 is 1.16 bits per heavy atom. The Balaban J connectivity index is 2.21. The van der Waals surface area contributed by atoms with Gasteiger partial charge in [-0.15, -0.1) is 0 Å². The second-order valence-corrected chi connectivity index (χ2v) is 17.8. The first kappa shape index (κ1) is 60.0. The van der Waals surface area contributed by atoms with Crippen LogP contribution in [0, 0.1) is 0 Å². The van der Waals surface area contributed by atoms with Crippen LogP contribution in [0.15, 0.2) is 18.2 Å². The fourth-order valence-corrected chi connectivity index (χ4v) is 6.56. The summed E-state index contributed by atoms with van der Waals surface area (Å²) in [6, 6.07) is 4.39. The summed E-state index contributed by atoms with van der Waals surface area (Å²) in [5, 5.41) is 2.19. The molecule has 2 rings (SSSR count). The van der Waals surface area contributed by atoms with Gasteiger partial charge in [0.2, 0.25) is 18.3 Å². The van der Waals surface area contributed by atoms with E-state index in [2.05, 4.69) is 5.32 Å². The van der Waals surface area contributed by atoms with Gasteiger partial charge in [-0.25, -0.2) is 19.2 Å². The number of halogens is 1. The molecule has 1 N–H and O–H groups in total. The molecule has 24 heteroatoms. The second kappa shape index (κ2) is 29.8. The van der Waals surface area contributed by atoms with E-state index in [4.69, 9.17) is 54.2 Å². The van der Waals surface area contributed by atoms with E-state index in [0.717, 1.165) is 60.0 Å². The first-order valence-corrected chi connectivity index (χ1v) is 23.2. The molecule has 1 aromatic rings. The summed E-state index contributed by atoms with van der Waals surface area (Å²) in [4.78, 5) is 117. The summed E-state index contributed by atoms with van der Waals surface area (Å²) >= 11 is 5.41. The number of likely N-dealkylation sites (N-methyl/N-ethyl adjacent to an activating group) is 4. The Hall–Kier alpha value is -6.10. The lowest BCUT2D eigenvalue weighted by Gasteiger charge is -2.43. The van der Waals surface area contributed by atoms with Gasteiger partial charge in [-0.2, -0.15) is 0 Å². The number of nitrogens with zero attached hydrogens (tertiary/aromatic N) is 4. The summed E-state index contributed by atoms with van der Waals surface area (Å²) in [6.45, 7) is 9.16. The van der Waals surface area contributed by atoms with Gasteiger partial charge in [0.25, 0.3) is 0 Å². The lowest BCUT2D eigenvalue weighted by molar-refractivity contribution is -0.282. The van der Waals surface area contributed by atoms with Crippen molar-refractivity contribution in [2.24, 2.45) is 0 Å². The average Bonchev–Trinajstić information content (AvgIpc) is 3.27. The zero-order chi connectivity index (χ0) is 52.7. The molecule has 0 unspecified atom stereocenters. The minimum Gasteiger partial charge on any atom is -0.467 e. The van der Waals surface area contributed by atoms with Gasteiger partial charge in [0, 0.05) is 81.6 Å². The number of ether oxygens (including phenoxy) is 9. The maximum atomic E-state index is 13.5. The summed E-state index contributed by atoms with van der Waals surface area (Å²) in [7, 11) is 7.18. The summed E-state index contributed by atoms with van der Waals surface area (Å²) < 4.78 is 49.5. The maximum Gasteiger partial charge on any atom is 0.410 e. The summed E-state index contributed by atoms with van der Waals surface area (Å²) in [6.07, 6.45) is -4.72. The lowest BCUT2D eigenvalue weighted by atomic mass is 9.97. The highest BCUT2D eigenvalue weighted by molar-refractivity contribution is 6.62. The molecule has 1 aliphatic heterocycles. The number of benzene rings is 1. The Morgan fingerprint density at radius 3 is 1.70 bits per heavy atom. The fourth-order valence-electron chi connectivity index (χ4n) is 6.48. The minimum absolute atomic E-state index is 0.0569. The zero-order valence-electron chi connectivity index (χ0n) is 42.0. The molecule has 5 atom stereocenters. The monoisotopic (exact) mass is 1020 g/mol. The fraction of sp³-hybridized carbons (Fsp3) is 0.674. The van der Waals surface area contributed by atoms with Gasteiger partial charge in [0.1, 0.15) is 18.0 Å². The molecule has 0 spiro atoms. The number of rotatable bonds is 25. The van der Waals surface area contributed by atoms with E-state index in [1.807, 2.05) is 0 Å². The number of anilines is 1. The molecule has 0 aromatic heterocycles. The van der Waals surface area contributed by atoms with Crippen molar-refractivity contribution in [3.8, 4) is 5.75 Å². The van der Waals surface area contributed by atoms with Crippen molar-refractivity contribution >= 4 is 70.7 Å². The van der Waals surface area contributed by atoms with Crippen LogP contribution in [-0.4, -0.2) is 177 Å². The largest absolute Gasteiger partial charge is 0.467 e. The normalized spacial score (nSPS) is 17.4. The SMILES string of the molecule is COC(=O)[C@H]1O[C@@H](Oc2ccc(COC(=O)N(C)CCN(C)C(=O)OC(C)(C)C)cc2NC(=O)CCCCCCCCCOC(=O)N(C)CCN(C)C(=O)Cl)[C@H](OC(C)=O)[C@@H](OC(C)=O)[C@@H]1OC(C)=O. The Bertz CT molecular complexity index is 1950. The number of nitrogens with one attached hydrogen (secondary N) is 1. The molecule has 1 aromatic carbocycles. The van der Waals surface area contributed by atoms with E-state index in [1.54, 1.807) is 27.8 Å². The Labute approximate surface area is 413 Å². The number of esters is 4. The minimum atomic E-state index is -1.74. The van der Waals surface area contributed by atoms with Crippen LogP contribution in [0.3, 0.4) is 0 Å². The Morgan fingerprint density at radius 1 is 0.657 bits per heavy atom. The second-order valence-electron chi connectivity index (χ2n) is 17.5. The van der Waals surface area contributed by atoms with Crippen molar-refractivity contribution in [1.29, 1.82) is 0 Å². The van der Waals surface area contributed by atoms with E-state index in [0.29, 0.717) is 18.4 Å². The predicted octanol–water partition coefficient (Wildman–Crippen LogP) is 5.61. The van der Waals surface area contributed by atoms with E-state index in [1.165, 1.54) is 58.9 Å². The third-order valence-electron chi connectivity index (χ3n) is 10.2. The van der Waals surface area contributed by atoms with Crippen LogP contribution in [-0.2, 0) is 68.5 Å². The van der Waals surface area contributed by atoms with Crippen LogP contribution < -0.4 is 10.1 Å². The average molecular weight is 1020 g/mol. The van der Waals surface area contributed by atoms with E-state index in [9.17, 15) is 43.2 Å².